The molecule has 0 radical (unpaired) electrons. The number of benzene rings is 3. The molecule has 5 rings (SSSR count). The molecule has 8 nitrogen and oxygen atoms in total. The summed E-state index contributed by atoms with van der Waals surface area (Å²) in [4.78, 5) is 44.5. The van der Waals surface area contributed by atoms with Gasteiger partial charge in [0.25, 0.3) is 17.7 Å². The zero-order chi connectivity index (χ0) is 28.1. The number of furan rings is 1. The number of rotatable bonds is 7. The summed E-state index contributed by atoms with van der Waals surface area (Å²) in [6, 6.07) is 24.0. The van der Waals surface area contributed by atoms with Gasteiger partial charge in [-0.05, 0) is 48.0 Å². The third-order valence-corrected chi connectivity index (χ3v) is 6.85. The van der Waals surface area contributed by atoms with Gasteiger partial charge in [-0.1, -0.05) is 42.5 Å². The largest absolute Gasteiger partial charge is 0.459 e. The Kier molecular flexibility index (Phi) is 7.91. The third-order valence-electron chi connectivity index (χ3n) is 6.85. The van der Waals surface area contributed by atoms with Gasteiger partial charge < -0.3 is 24.4 Å². The first-order valence-corrected chi connectivity index (χ1v) is 13.0. The minimum atomic E-state index is -0.545. The van der Waals surface area contributed by atoms with Gasteiger partial charge in [0.1, 0.15) is 5.82 Å². The van der Waals surface area contributed by atoms with Crippen LogP contribution in [0.2, 0.25) is 0 Å². The molecule has 0 saturated carbocycles. The van der Waals surface area contributed by atoms with Crippen LogP contribution in [0.4, 0.5) is 15.8 Å². The van der Waals surface area contributed by atoms with E-state index < -0.39 is 11.7 Å². The molecule has 4 aromatic rings. The van der Waals surface area contributed by atoms with Crippen molar-refractivity contribution in [3.63, 3.8) is 0 Å². The minimum Gasteiger partial charge on any atom is -0.459 e. The zero-order valence-electron chi connectivity index (χ0n) is 22.0. The van der Waals surface area contributed by atoms with Crippen molar-refractivity contribution >= 4 is 29.1 Å². The molecule has 3 aromatic carbocycles. The molecule has 1 fully saturated rings. The fourth-order valence-corrected chi connectivity index (χ4v) is 4.75. The average Bonchev–Trinajstić information content (AvgIpc) is 3.53. The number of amides is 3. The molecule has 1 aromatic heterocycles. The van der Waals surface area contributed by atoms with Crippen molar-refractivity contribution < 1.29 is 23.2 Å². The molecular weight excluding hydrogens is 511 g/mol. The first-order valence-electron chi connectivity index (χ1n) is 13.0. The van der Waals surface area contributed by atoms with E-state index in [2.05, 4.69) is 5.32 Å². The van der Waals surface area contributed by atoms with Crippen LogP contribution in [-0.2, 0) is 6.54 Å². The molecule has 1 aliphatic rings. The Morgan fingerprint density at radius 3 is 2.30 bits per heavy atom. The van der Waals surface area contributed by atoms with Gasteiger partial charge >= 0.3 is 0 Å². The zero-order valence-corrected chi connectivity index (χ0v) is 22.0. The Morgan fingerprint density at radius 2 is 1.60 bits per heavy atom. The van der Waals surface area contributed by atoms with Crippen LogP contribution in [0.1, 0.15) is 36.8 Å². The number of nitrogens with one attached hydrogen (secondary N) is 1. The lowest BCUT2D eigenvalue weighted by Crippen LogP contribution is -2.49. The number of hydrogen-bond donors (Lipinski definition) is 1. The van der Waals surface area contributed by atoms with Crippen molar-refractivity contribution in [2.75, 3.05) is 43.4 Å². The molecule has 0 bridgehead atoms. The predicted octanol–water partition coefficient (Wildman–Crippen LogP) is 4.91. The van der Waals surface area contributed by atoms with Gasteiger partial charge in [0.15, 0.2) is 5.76 Å². The van der Waals surface area contributed by atoms with Gasteiger partial charge in [-0.15, -0.1) is 0 Å². The van der Waals surface area contributed by atoms with Crippen molar-refractivity contribution in [3.05, 3.63) is 119 Å². The number of carbonyl (C=O) groups is 3. The van der Waals surface area contributed by atoms with Crippen molar-refractivity contribution in [2.45, 2.75) is 6.54 Å². The molecule has 204 valence electrons. The van der Waals surface area contributed by atoms with Gasteiger partial charge in [-0.25, -0.2) is 4.39 Å². The lowest BCUT2D eigenvalue weighted by molar-refractivity contribution is 0.0738. The Labute approximate surface area is 231 Å². The van der Waals surface area contributed by atoms with Gasteiger partial charge in [0.05, 0.1) is 17.4 Å². The van der Waals surface area contributed by atoms with Gasteiger partial charge in [-0.2, -0.15) is 0 Å². The minimum absolute atomic E-state index is 0.0472. The average molecular weight is 541 g/mol. The first-order chi connectivity index (χ1) is 19.4. The predicted molar refractivity (Wildman–Crippen MR) is 150 cm³/mol. The van der Waals surface area contributed by atoms with Gasteiger partial charge in [0, 0.05) is 51.1 Å². The maximum absolute atomic E-state index is 14.2. The molecule has 1 N–H and O–H groups in total. The van der Waals surface area contributed by atoms with Crippen molar-refractivity contribution in [1.82, 2.24) is 9.80 Å². The molecule has 1 saturated heterocycles. The van der Waals surface area contributed by atoms with Crippen LogP contribution in [-0.4, -0.2) is 60.7 Å². The van der Waals surface area contributed by atoms with Crippen molar-refractivity contribution in [3.8, 4) is 0 Å². The monoisotopic (exact) mass is 540 g/mol. The summed E-state index contributed by atoms with van der Waals surface area (Å²) in [6.07, 6.45) is 1.42. The second-order valence-corrected chi connectivity index (χ2v) is 9.57. The quantitative estimate of drug-likeness (QED) is 0.360. The Morgan fingerprint density at radius 1 is 0.875 bits per heavy atom. The number of halogens is 1. The van der Waals surface area contributed by atoms with Crippen LogP contribution in [0, 0.1) is 5.82 Å². The van der Waals surface area contributed by atoms with Gasteiger partial charge in [-0.3, -0.25) is 14.4 Å². The van der Waals surface area contributed by atoms with E-state index in [-0.39, 0.29) is 23.1 Å². The summed E-state index contributed by atoms with van der Waals surface area (Å²) in [7, 11) is 1.73. The second-order valence-electron chi connectivity index (χ2n) is 9.57. The number of piperazine rings is 1. The van der Waals surface area contributed by atoms with Crippen LogP contribution in [0.15, 0.2) is 95.6 Å². The fourth-order valence-electron chi connectivity index (χ4n) is 4.75. The van der Waals surface area contributed by atoms with Crippen LogP contribution in [0.5, 0.6) is 0 Å². The number of hydrogen-bond acceptors (Lipinski definition) is 5. The molecule has 3 amide bonds. The number of anilines is 2. The van der Waals surface area contributed by atoms with E-state index in [1.807, 2.05) is 35.2 Å². The highest BCUT2D eigenvalue weighted by Crippen LogP contribution is 2.28. The van der Waals surface area contributed by atoms with Gasteiger partial charge in [0.2, 0.25) is 0 Å². The summed E-state index contributed by atoms with van der Waals surface area (Å²) in [5, 5.41) is 2.79. The van der Waals surface area contributed by atoms with E-state index in [1.165, 1.54) is 18.4 Å². The summed E-state index contributed by atoms with van der Waals surface area (Å²) in [6.45, 7) is 2.07. The molecule has 0 unspecified atom stereocenters. The summed E-state index contributed by atoms with van der Waals surface area (Å²) < 4.78 is 19.4. The molecule has 9 heteroatoms. The summed E-state index contributed by atoms with van der Waals surface area (Å²) in [5.41, 5.74) is 2.60. The van der Waals surface area contributed by atoms with E-state index in [9.17, 15) is 18.8 Å². The second kappa shape index (κ2) is 11.9. The van der Waals surface area contributed by atoms with E-state index in [4.69, 9.17) is 4.42 Å². The molecule has 1 aliphatic heterocycles. The topological polar surface area (TPSA) is 86.1 Å². The number of carbonyl (C=O) groups excluding carboxylic acids is 3. The first kappa shape index (κ1) is 26.7. The molecule has 40 heavy (non-hydrogen) atoms. The number of nitrogens with zero attached hydrogens (tertiary/aromatic N) is 3. The van der Waals surface area contributed by atoms with Crippen LogP contribution >= 0.6 is 0 Å². The highest BCUT2D eigenvalue weighted by atomic mass is 19.1. The highest BCUT2D eigenvalue weighted by Gasteiger charge is 2.27. The lowest BCUT2D eigenvalue weighted by atomic mass is 10.1. The van der Waals surface area contributed by atoms with E-state index >= 15 is 0 Å². The van der Waals surface area contributed by atoms with Crippen molar-refractivity contribution in [1.29, 1.82) is 0 Å². The highest BCUT2D eigenvalue weighted by molar-refractivity contribution is 6.05. The van der Waals surface area contributed by atoms with Crippen LogP contribution in [0.25, 0.3) is 0 Å². The van der Waals surface area contributed by atoms with E-state index in [1.54, 1.807) is 59.3 Å². The normalized spacial score (nSPS) is 13.2. The molecule has 0 atom stereocenters. The lowest BCUT2D eigenvalue weighted by Gasteiger charge is -2.37. The summed E-state index contributed by atoms with van der Waals surface area (Å²) in [5.74, 6) is -1.37. The Bertz CT molecular complexity index is 1500. The maximum atomic E-state index is 14.2. The van der Waals surface area contributed by atoms with E-state index in [0.717, 1.165) is 5.56 Å². The fraction of sp³-hybridized carbons (Fsp3) is 0.194. The smallest absolute Gasteiger partial charge is 0.291 e. The molecule has 0 aliphatic carbocycles. The maximum Gasteiger partial charge on any atom is 0.291 e. The summed E-state index contributed by atoms with van der Waals surface area (Å²) >= 11 is 0. The van der Waals surface area contributed by atoms with Crippen LogP contribution in [0.3, 0.4) is 0 Å². The van der Waals surface area contributed by atoms with E-state index in [0.29, 0.717) is 49.7 Å². The Hall–Kier alpha value is -4.92. The van der Waals surface area contributed by atoms with Crippen LogP contribution < -0.4 is 10.2 Å². The molecular formula is C31H29FN4O4. The standard InChI is InChI=1S/C31H29FN4O4/c1-34(21-22-8-3-2-4-9-22)30(38)25-20-23(33-29(37)28-12-7-19-40-28)13-14-27(25)35-15-17-36(18-16-35)31(39)24-10-5-6-11-26(24)32/h2-14,19-20H,15-18,21H2,1H3,(H,33,37). The SMILES string of the molecule is CN(Cc1ccccc1)C(=O)c1cc(NC(=O)c2ccco2)ccc1N1CCN(C(=O)c2ccccc2F)CC1. The Balaban J connectivity index is 1.37. The van der Waals surface area contributed by atoms with Crippen molar-refractivity contribution in [2.24, 2.45) is 0 Å². The third kappa shape index (κ3) is 5.88. The molecule has 0 spiro atoms. The molecule has 2 heterocycles.